The Morgan fingerprint density at radius 3 is 1.16 bits per heavy atom. The number of aliphatic carboxylic acids is 3. The van der Waals surface area contributed by atoms with Crippen molar-refractivity contribution in [2.45, 2.75) is 11.8 Å². The minimum Gasteiger partial charge on any atom is -0.480 e. The molecule has 37 heavy (non-hydrogen) atoms. The van der Waals surface area contributed by atoms with E-state index in [1.165, 1.54) is 0 Å². The second kappa shape index (κ2) is 17.8. The van der Waals surface area contributed by atoms with Gasteiger partial charge in [0.15, 0.2) is 16.8 Å². The van der Waals surface area contributed by atoms with E-state index in [4.69, 9.17) is 0 Å². The summed E-state index contributed by atoms with van der Waals surface area (Å²) in [6.07, 6.45) is -0.0469. The summed E-state index contributed by atoms with van der Waals surface area (Å²) < 4.78 is 0. The largest absolute Gasteiger partial charge is 0.480 e. The van der Waals surface area contributed by atoms with Crippen LogP contribution >= 0.6 is 16.8 Å². The Hall–Kier alpha value is -1.58. The molecule has 18 heteroatoms. The zero-order chi connectivity index (χ0) is 28.0. The second-order valence-electron chi connectivity index (χ2n) is 8.55. The van der Waals surface area contributed by atoms with Gasteiger partial charge in [-0.25, -0.2) is 0 Å². The maximum atomic E-state index is 12.5. The number of carboxylic acids is 3. The number of carboxylic acid groups (broad SMARTS) is 3. The number of carbonyl (C=O) groups excluding carboxylic acids is 1. The van der Waals surface area contributed by atoms with Gasteiger partial charge in [0.1, 0.15) is 0 Å². The Morgan fingerprint density at radius 1 is 0.595 bits per heavy atom. The van der Waals surface area contributed by atoms with E-state index in [1.54, 1.807) is 19.6 Å². The van der Waals surface area contributed by atoms with Gasteiger partial charge in [0.05, 0.1) is 31.6 Å². The first-order chi connectivity index (χ1) is 17.4. The lowest BCUT2D eigenvalue weighted by molar-refractivity contribution is -0.140. The molecule has 0 spiro atoms. The molecule has 0 saturated carbocycles. The predicted octanol–water partition coefficient (Wildman–Crippen LogP) is -3.11. The van der Waals surface area contributed by atoms with Crippen molar-refractivity contribution in [2.24, 2.45) is 0 Å². The first kappa shape index (κ1) is 33.4. The second-order valence-corrected chi connectivity index (χ2v) is 11.5. The van der Waals surface area contributed by atoms with Gasteiger partial charge in [-0.1, -0.05) is 0 Å². The maximum absolute atomic E-state index is 12.5. The molecule has 0 atom stereocenters. The predicted molar refractivity (Wildman–Crippen MR) is 133 cm³/mol. The summed E-state index contributed by atoms with van der Waals surface area (Å²) in [5.41, 5.74) is 0. The number of rotatable bonds is 13. The SMILES string of the molecule is O=C(O)CN1CCN(CC(=O)O)CCN(CC(=O)NCCC(P(O)O)P(O)O)CCN(CC(=O)O)CC1. The molecule has 1 rings (SSSR count). The molecular weight excluding hydrogens is 536 g/mol. The molecule has 1 amide bonds. The summed E-state index contributed by atoms with van der Waals surface area (Å²) in [5.74, 6) is -3.57. The third-order valence-electron chi connectivity index (χ3n) is 5.63. The van der Waals surface area contributed by atoms with E-state index in [1.807, 2.05) is 0 Å². The van der Waals surface area contributed by atoms with Crippen molar-refractivity contribution in [2.75, 3.05) is 85.1 Å². The maximum Gasteiger partial charge on any atom is 0.317 e. The lowest BCUT2D eigenvalue weighted by Crippen LogP contribution is -2.49. The third kappa shape index (κ3) is 15.4. The number of hydrogen-bond acceptors (Lipinski definition) is 12. The highest BCUT2D eigenvalue weighted by atomic mass is 31.2. The zero-order valence-corrected chi connectivity index (χ0v) is 22.2. The molecule has 1 aliphatic rings. The highest BCUT2D eigenvalue weighted by molar-refractivity contribution is 7.64. The lowest BCUT2D eigenvalue weighted by atomic mass is 10.3. The van der Waals surface area contributed by atoms with Crippen molar-refractivity contribution < 1.29 is 54.1 Å². The number of nitrogens with one attached hydrogen (secondary N) is 1. The fraction of sp³-hybridized carbons (Fsp3) is 0.789. The van der Waals surface area contributed by atoms with Crippen molar-refractivity contribution >= 4 is 40.6 Å². The summed E-state index contributed by atoms with van der Waals surface area (Å²) in [5, 5.41) is 29.2. The van der Waals surface area contributed by atoms with Gasteiger partial charge in [0, 0.05) is 58.9 Å². The van der Waals surface area contributed by atoms with Crippen LogP contribution in [-0.4, -0.2) is 169 Å². The molecule has 1 saturated heterocycles. The van der Waals surface area contributed by atoms with E-state index >= 15 is 0 Å². The molecule has 0 aromatic heterocycles. The van der Waals surface area contributed by atoms with Gasteiger partial charge in [-0.3, -0.25) is 38.8 Å². The fourth-order valence-electron chi connectivity index (χ4n) is 3.71. The van der Waals surface area contributed by atoms with Crippen LogP contribution in [0.3, 0.4) is 0 Å². The number of hydrogen-bond donors (Lipinski definition) is 8. The van der Waals surface area contributed by atoms with E-state index in [-0.39, 0.29) is 91.5 Å². The van der Waals surface area contributed by atoms with Crippen molar-refractivity contribution in [3.05, 3.63) is 0 Å². The molecule has 0 aliphatic carbocycles. The molecule has 214 valence electrons. The molecule has 1 heterocycles. The fourth-order valence-corrected chi connectivity index (χ4v) is 5.17. The smallest absolute Gasteiger partial charge is 0.317 e. The van der Waals surface area contributed by atoms with Crippen LogP contribution in [0.2, 0.25) is 0 Å². The van der Waals surface area contributed by atoms with Crippen LogP contribution in [-0.2, 0) is 19.2 Å². The summed E-state index contributed by atoms with van der Waals surface area (Å²) in [4.78, 5) is 90.1. The Labute approximate surface area is 216 Å². The summed E-state index contributed by atoms with van der Waals surface area (Å²) in [7, 11) is -5.15. The van der Waals surface area contributed by atoms with Gasteiger partial charge >= 0.3 is 17.9 Å². The Bertz CT molecular complexity index is 709. The molecule has 0 aromatic carbocycles. The summed E-state index contributed by atoms with van der Waals surface area (Å²) in [6, 6.07) is 0. The van der Waals surface area contributed by atoms with Crippen molar-refractivity contribution in [1.29, 1.82) is 0 Å². The molecule has 1 fully saturated rings. The third-order valence-corrected chi connectivity index (χ3v) is 8.45. The quantitative estimate of drug-likeness (QED) is 0.102. The molecular formula is C19H37N5O11P2. The Balaban J connectivity index is 2.87. The van der Waals surface area contributed by atoms with Gasteiger partial charge in [-0.05, 0) is 6.42 Å². The summed E-state index contributed by atoms with van der Waals surface area (Å²) in [6.45, 7) is 1.20. The number of carbonyl (C=O) groups is 4. The van der Waals surface area contributed by atoms with Crippen LogP contribution < -0.4 is 5.32 Å². The van der Waals surface area contributed by atoms with Gasteiger partial charge < -0.3 is 40.2 Å². The van der Waals surface area contributed by atoms with Crippen LogP contribution in [0.5, 0.6) is 0 Å². The Morgan fingerprint density at radius 2 is 0.892 bits per heavy atom. The average molecular weight is 573 g/mol. The highest BCUT2D eigenvalue weighted by Gasteiger charge is 2.26. The van der Waals surface area contributed by atoms with Crippen LogP contribution in [0.4, 0.5) is 0 Å². The van der Waals surface area contributed by atoms with Gasteiger partial charge in [0.2, 0.25) is 5.91 Å². The van der Waals surface area contributed by atoms with Crippen molar-refractivity contribution in [1.82, 2.24) is 24.9 Å². The minimum atomic E-state index is -2.58. The first-order valence-electron chi connectivity index (χ1n) is 11.5. The standard InChI is InChI=1S/C19H37N5O11P2/c25-15(20-2-1-19(36(32)33)37(34)35)11-21-3-5-22(12-16(26)27)7-9-24(14-18(30)31)10-8-23(6-4-21)13-17(28)29/h19,32-35H,1-14H2,(H,20,25)(H,26,27)(H,28,29)(H,30,31). The van der Waals surface area contributed by atoms with E-state index in [9.17, 15) is 54.1 Å². The van der Waals surface area contributed by atoms with E-state index in [0.29, 0.717) is 0 Å². The number of amides is 1. The molecule has 1 aliphatic heterocycles. The van der Waals surface area contributed by atoms with Crippen LogP contribution in [0.25, 0.3) is 0 Å². The van der Waals surface area contributed by atoms with E-state index < -0.39 is 46.0 Å². The van der Waals surface area contributed by atoms with Crippen LogP contribution in [0.1, 0.15) is 6.42 Å². The van der Waals surface area contributed by atoms with Crippen molar-refractivity contribution in [3.8, 4) is 0 Å². The molecule has 0 bridgehead atoms. The van der Waals surface area contributed by atoms with Crippen LogP contribution in [0, 0.1) is 0 Å². The summed E-state index contributed by atoms with van der Waals surface area (Å²) >= 11 is 0. The minimum absolute atomic E-state index is 0.0209. The van der Waals surface area contributed by atoms with Gasteiger partial charge in [0.25, 0.3) is 0 Å². The average Bonchev–Trinajstić information content (AvgIpc) is 2.76. The van der Waals surface area contributed by atoms with E-state index in [2.05, 4.69) is 5.32 Å². The zero-order valence-electron chi connectivity index (χ0n) is 20.4. The number of nitrogens with zero attached hydrogens (tertiary/aromatic N) is 4. The Kier molecular flexibility index (Phi) is 16.1. The van der Waals surface area contributed by atoms with Gasteiger partial charge in [-0.15, -0.1) is 0 Å². The van der Waals surface area contributed by atoms with Crippen LogP contribution in [0.15, 0.2) is 0 Å². The molecule has 8 N–H and O–H groups in total. The van der Waals surface area contributed by atoms with E-state index in [0.717, 1.165) is 0 Å². The monoisotopic (exact) mass is 573 g/mol. The molecule has 0 aromatic rings. The first-order valence-corrected chi connectivity index (χ1v) is 14.2. The molecule has 0 unspecified atom stereocenters. The normalized spacial score (nSPS) is 18.0. The lowest BCUT2D eigenvalue weighted by Gasteiger charge is -2.32. The highest BCUT2D eigenvalue weighted by Crippen LogP contribution is 2.50. The van der Waals surface area contributed by atoms with Gasteiger partial charge in [-0.2, -0.15) is 0 Å². The molecule has 0 radical (unpaired) electrons. The van der Waals surface area contributed by atoms with Crippen molar-refractivity contribution in [3.63, 3.8) is 0 Å². The topological polar surface area (TPSA) is 235 Å². The molecule has 16 nitrogen and oxygen atoms in total.